The third kappa shape index (κ3) is 3.23. The van der Waals surface area contributed by atoms with Crippen LogP contribution in [0, 0.1) is 6.92 Å². The number of alkyl halides is 3. The standard InChI is InChI=1S/C21H17F3N4OS/c1-12-8-18(21(22,23)24)28-19(25-12)10-15(26-28)14-6-7-27(11-14)20(29)17-9-13-4-2-3-5-16(13)30-17/h2-5,8-10,14H,6-7,11H2,1H3/t14-/m1/s1. The third-order valence-electron chi connectivity index (χ3n) is 5.39. The fourth-order valence-corrected chi connectivity index (χ4v) is 4.98. The average Bonchev–Trinajstić information content (AvgIpc) is 3.42. The van der Waals surface area contributed by atoms with Crippen LogP contribution in [0.4, 0.5) is 13.2 Å². The number of fused-ring (bicyclic) bond motifs is 2. The first kappa shape index (κ1) is 19.0. The Morgan fingerprint density at radius 1 is 1.20 bits per heavy atom. The van der Waals surface area contributed by atoms with E-state index in [1.165, 1.54) is 18.3 Å². The van der Waals surface area contributed by atoms with Gasteiger partial charge in [0.1, 0.15) is 5.69 Å². The predicted molar refractivity (Wildman–Crippen MR) is 108 cm³/mol. The number of rotatable bonds is 2. The quantitative estimate of drug-likeness (QED) is 0.455. The second kappa shape index (κ2) is 6.80. The maximum Gasteiger partial charge on any atom is 0.433 e. The van der Waals surface area contributed by atoms with Crippen LogP contribution >= 0.6 is 11.3 Å². The molecule has 9 heteroatoms. The molecule has 0 radical (unpaired) electrons. The van der Waals surface area contributed by atoms with E-state index in [4.69, 9.17) is 0 Å². The van der Waals surface area contributed by atoms with Crippen LogP contribution in [0.5, 0.6) is 0 Å². The highest BCUT2D eigenvalue weighted by molar-refractivity contribution is 7.20. The number of carbonyl (C=O) groups excluding carboxylic acids is 1. The molecule has 0 spiro atoms. The highest BCUT2D eigenvalue weighted by Crippen LogP contribution is 2.33. The SMILES string of the molecule is Cc1cc(C(F)(F)F)n2nc([C@@H]3CCN(C(=O)c4cc5ccccc5s4)C3)cc2n1. The van der Waals surface area contributed by atoms with E-state index in [-0.39, 0.29) is 23.2 Å². The lowest BCUT2D eigenvalue weighted by atomic mass is 10.1. The molecule has 1 amide bonds. The Bertz CT molecular complexity index is 1240. The van der Waals surface area contributed by atoms with Gasteiger partial charge in [-0.3, -0.25) is 4.79 Å². The molecule has 0 N–H and O–H groups in total. The molecule has 0 bridgehead atoms. The number of carbonyl (C=O) groups is 1. The molecule has 0 aliphatic carbocycles. The van der Waals surface area contributed by atoms with E-state index in [2.05, 4.69) is 10.1 Å². The number of aryl methyl sites for hydroxylation is 1. The van der Waals surface area contributed by atoms with Gasteiger partial charge in [-0.1, -0.05) is 18.2 Å². The van der Waals surface area contributed by atoms with Crippen LogP contribution in [0.25, 0.3) is 15.7 Å². The number of nitrogens with zero attached hydrogens (tertiary/aromatic N) is 4. The maximum atomic E-state index is 13.4. The number of hydrogen-bond donors (Lipinski definition) is 0. The molecule has 5 nitrogen and oxygen atoms in total. The Morgan fingerprint density at radius 2 is 2.00 bits per heavy atom. The molecular formula is C21H17F3N4OS. The van der Waals surface area contributed by atoms with E-state index in [0.29, 0.717) is 30.1 Å². The van der Waals surface area contributed by atoms with Crippen LogP contribution in [0.2, 0.25) is 0 Å². The van der Waals surface area contributed by atoms with Crippen LogP contribution in [0.1, 0.15) is 39.1 Å². The Kier molecular flexibility index (Phi) is 4.32. The molecule has 154 valence electrons. The number of halogens is 3. The second-order valence-electron chi connectivity index (χ2n) is 7.50. The van der Waals surface area contributed by atoms with Crippen LogP contribution in [-0.2, 0) is 6.18 Å². The highest BCUT2D eigenvalue weighted by Gasteiger charge is 2.36. The normalized spacial score (nSPS) is 17.3. The van der Waals surface area contributed by atoms with E-state index in [1.54, 1.807) is 11.0 Å². The molecule has 1 aliphatic rings. The first-order valence-electron chi connectivity index (χ1n) is 9.52. The van der Waals surface area contributed by atoms with Crippen LogP contribution in [-0.4, -0.2) is 38.5 Å². The molecule has 4 aromatic rings. The molecule has 1 saturated heterocycles. The van der Waals surface area contributed by atoms with Gasteiger partial charge in [0.25, 0.3) is 5.91 Å². The Morgan fingerprint density at radius 3 is 2.77 bits per heavy atom. The minimum absolute atomic E-state index is 0.0487. The molecule has 0 saturated carbocycles. The summed E-state index contributed by atoms with van der Waals surface area (Å²) >= 11 is 1.45. The first-order chi connectivity index (χ1) is 14.3. The Balaban J connectivity index is 1.41. The number of hydrogen-bond acceptors (Lipinski definition) is 4. The van der Waals surface area contributed by atoms with E-state index in [9.17, 15) is 18.0 Å². The zero-order valence-corrected chi connectivity index (χ0v) is 16.8. The van der Waals surface area contributed by atoms with Gasteiger partial charge in [0.15, 0.2) is 5.65 Å². The van der Waals surface area contributed by atoms with E-state index in [0.717, 1.165) is 20.7 Å². The van der Waals surface area contributed by atoms with Crippen molar-refractivity contribution >= 4 is 33.0 Å². The summed E-state index contributed by atoms with van der Waals surface area (Å²) in [6.45, 7) is 2.50. The third-order valence-corrected chi connectivity index (χ3v) is 6.50. The Labute approximate surface area is 173 Å². The van der Waals surface area contributed by atoms with Crippen molar-refractivity contribution in [1.29, 1.82) is 0 Å². The van der Waals surface area contributed by atoms with Gasteiger partial charge in [-0.05, 0) is 36.9 Å². The molecule has 1 aromatic carbocycles. The van der Waals surface area contributed by atoms with Crippen LogP contribution in [0.15, 0.2) is 42.5 Å². The fourth-order valence-electron chi connectivity index (χ4n) is 3.95. The zero-order chi connectivity index (χ0) is 21.0. The van der Waals surface area contributed by atoms with Gasteiger partial charge in [-0.15, -0.1) is 11.3 Å². The van der Waals surface area contributed by atoms with Gasteiger partial charge in [-0.25, -0.2) is 9.50 Å². The molecule has 1 atom stereocenters. The smallest absolute Gasteiger partial charge is 0.337 e. The van der Waals surface area contributed by atoms with Gasteiger partial charge in [-0.2, -0.15) is 18.3 Å². The van der Waals surface area contributed by atoms with Crippen molar-refractivity contribution < 1.29 is 18.0 Å². The van der Waals surface area contributed by atoms with Crippen molar-refractivity contribution in [3.63, 3.8) is 0 Å². The predicted octanol–water partition coefficient (Wildman–Crippen LogP) is 4.90. The van der Waals surface area contributed by atoms with Gasteiger partial charge in [0.2, 0.25) is 0 Å². The van der Waals surface area contributed by atoms with E-state index in [1.807, 2.05) is 30.3 Å². The lowest BCUT2D eigenvalue weighted by Gasteiger charge is -2.14. The van der Waals surface area contributed by atoms with Gasteiger partial charge < -0.3 is 4.90 Å². The van der Waals surface area contributed by atoms with Gasteiger partial charge in [0.05, 0.1) is 10.6 Å². The molecule has 0 unspecified atom stereocenters. The summed E-state index contributed by atoms with van der Waals surface area (Å²) < 4.78 is 42.1. The number of aromatic nitrogens is 3. The number of thiophene rings is 1. The van der Waals surface area contributed by atoms with Crippen molar-refractivity contribution in [2.24, 2.45) is 0 Å². The second-order valence-corrected chi connectivity index (χ2v) is 8.59. The summed E-state index contributed by atoms with van der Waals surface area (Å²) in [4.78, 5) is 19.6. The minimum atomic E-state index is -4.52. The number of likely N-dealkylation sites (tertiary alicyclic amines) is 1. The molecule has 3 aromatic heterocycles. The summed E-state index contributed by atoms with van der Waals surface area (Å²) in [5.74, 6) is -0.168. The summed E-state index contributed by atoms with van der Waals surface area (Å²) in [5, 5.41) is 5.23. The van der Waals surface area contributed by atoms with Crippen LogP contribution in [0.3, 0.4) is 0 Å². The maximum absolute atomic E-state index is 13.4. The zero-order valence-electron chi connectivity index (χ0n) is 16.0. The van der Waals surface area contributed by atoms with Crippen molar-refractivity contribution in [3.8, 4) is 0 Å². The summed E-state index contributed by atoms with van der Waals surface area (Å²) in [6, 6.07) is 12.3. The molecule has 4 heterocycles. The molecule has 5 rings (SSSR count). The molecule has 30 heavy (non-hydrogen) atoms. The highest BCUT2D eigenvalue weighted by atomic mass is 32.1. The fraction of sp³-hybridized carbons (Fsp3) is 0.286. The number of benzene rings is 1. The number of amides is 1. The lowest BCUT2D eigenvalue weighted by Crippen LogP contribution is -2.27. The van der Waals surface area contributed by atoms with Crippen molar-refractivity contribution in [1.82, 2.24) is 19.5 Å². The summed E-state index contributed by atoms with van der Waals surface area (Å²) in [7, 11) is 0. The van der Waals surface area contributed by atoms with Crippen LogP contribution < -0.4 is 0 Å². The van der Waals surface area contributed by atoms with E-state index < -0.39 is 11.9 Å². The largest absolute Gasteiger partial charge is 0.433 e. The molecule has 1 fully saturated rings. The molecule has 1 aliphatic heterocycles. The van der Waals surface area contributed by atoms with Crippen molar-refractivity contribution in [3.05, 3.63) is 64.4 Å². The first-order valence-corrected chi connectivity index (χ1v) is 10.3. The monoisotopic (exact) mass is 430 g/mol. The minimum Gasteiger partial charge on any atom is -0.337 e. The summed E-state index contributed by atoms with van der Waals surface area (Å²) in [5.41, 5.74) is 0.151. The van der Waals surface area contributed by atoms with Crippen molar-refractivity contribution in [2.75, 3.05) is 13.1 Å². The van der Waals surface area contributed by atoms with Gasteiger partial charge >= 0.3 is 6.18 Å². The molecular weight excluding hydrogens is 413 g/mol. The summed E-state index contributed by atoms with van der Waals surface area (Å²) in [6.07, 6.45) is -3.87. The lowest BCUT2D eigenvalue weighted by molar-refractivity contribution is -0.142. The van der Waals surface area contributed by atoms with E-state index >= 15 is 0 Å². The van der Waals surface area contributed by atoms with Gasteiger partial charge in [0, 0.05) is 35.5 Å². The topological polar surface area (TPSA) is 50.5 Å². The average molecular weight is 430 g/mol. The van der Waals surface area contributed by atoms with Crippen molar-refractivity contribution in [2.45, 2.75) is 25.4 Å². The Hall–Kier alpha value is -2.94.